The Morgan fingerprint density at radius 3 is 2.89 bits per heavy atom. The number of hydrogen-bond donors (Lipinski definition) is 2. The summed E-state index contributed by atoms with van der Waals surface area (Å²) < 4.78 is 12.0. The molecule has 2 unspecified atom stereocenters. The third-order valence-corrected chi connectivity index (χ3v) is 3.12. The molecule has 100 valence electrons. The molecule has 0 amide bonds. The van der Waals surface area contributed by atoms with Crippen LogP contribution in [0.3, 0.4) is 0 Å². The lowest BCUT2D eigenvalue weighted by Gasteiger charge is -2.14. The third kappa shape index (κ3) is 2.24. The van der Waals surface area contributed by atoms with Crippen molar-refractivity contribution >= 4 is 0 Å². The van der Waals surface area contributed by atoms with Crippen molar-refractivity contribution in [2.45, 2.75) is 31.8 Å². The van der Waals surface area contributed by atoms with E-state index in [1.165, 1.54) is 17.9 Å². The number of H-pyrrole nitrogens is 1. The first-order valence-electron chi connectivity index (χ1n) is 5.68. The monoisotopic (exact) mass is 256 g/mol. The van der Waals surface area contributed by atoms with Gasteiger partial charge in [-0.15, -0.1) is 0 Å². The number of rotatable bonds is 3. The normalized spacial score (nSPS) is 27.6. The van der Waals surface area contributed by atoms with Gasteiger partial charge in [-0.3, -0.25) is 14.3 Å². The molecule has 0 aromatic carbocycles. The molecule has 2 heterocycles. The molecular weight excluding hydrogens is 240 g/mol. The number of aliphatic hydroxyl groups is 1. The maximum atomic E-state index is 11.7. The SMILES string of the molecule is CO[C@@H]1CC(n2cc(C)c(=O)[nH]c2=O)OC1CO. The third-order valence-electron chi connectivity index (χ3n) is 3.12. The molecule has 1 aromatic rings. The molecule has 1 aliphatic rings. The minimum Gasteiger partial charge on any atom is -0.394 e. The van der Waals surface area contributed by atoms with E-state index in [9.17, 15) is 9.59 Å². The van der Waals surface area contributed by atoms with Crippen LogP contribution in [-0.2, 0) is 9.47 Å². The van der Waals surface area contributed by atoms with E-state index in [4.69, 9.17) is 14.6 Å². The summed E-state index contributed by atoms with van der Waals surface area (Å²) in [5.74, 6) is 0. The summed E-state index contributed by atoms with van der Waals surface area (Å²) in [7, 11) is 1.53. The number of aryl methyl sites for hydroxylation is 1. The average Bonchev–Trinajstić information content (AvgIpc) is 2.76. The van der Waals surface area contributed by atoms with Gasteiger partial charge in [0.2, 0.25) is 0 Å². The van der Waals surface area contributed by atoms with Crippen molar-refractivity contribution in [3.05, 3.63) is 32.6 Å². The van der Waals surface area contributed by atoms with E-state index in [1.54, 1.807) is 6.92 Å². The lowest BCUT2D eigenvalue weighted by atomic mass is 10.2. The van der Waals surface area contributed by atoms with Crippen molar-refractivity contribution in [2.24, 2.45) is 0 Å². The molecule has 3 atom stereocenters. The minimum atomic E-state index is -0.532. The molecule has 0 radical (unpaired) electrons. The quantitative estimate of drug-likeness (QED) is 0.734. The highest BCUT2D eigenvalue weighted by atomic mass is 16.6. The fourth-order valence-electron chi connectivity index (χ4n) is 2.08. The molecule has 0 bridgehead atoms. The van der Waals surface area contributed by atoms with Crippen LogP contribution in [0, 0.1) is 6.92 Å². The molecule has 7 heteroatoms. The Kier molecular flexibility index (Phi) is 3.65. The van der Waals surface area contributed by atoms with Crippen molar-refractivity contribution in [1.29, 1.82) is 0 Å². The van der Waals surface area contributed by atoms with E-state index in [1.807, 2.05) is 0 Å². The van der Waals surface area contributed by atoms with Gasteiger partial charge in [-0.05, 0) is 6.92 Å². The number of hydrogen-bond acceptors (Lipinski definition) is 5. The number of aromatic amines is 1. The van der Waals surface area contributed by atoms with Crippen molar-refractivity contribution in [3.63, 3.8) is 0 Å². The van der Waals surface area contributed by atoms with E-state index in [-0.39, 0.29) is 12.7 Å². The Morgan fingerprint density at radius 2 is 2.33 bits per heavy atom. The number of aliphatic hydroxyl groups excluding tert-OH is 1. The smallest absolute Gasteiger partial charge is 0.330 e. The van der Waals surface area contributed by atoms with E-state index < -0.39 is 23.6 Å². The fourth-order valence-corrected chi connectivity index (χ4v) is 2.08. The van der Waals surface area contributed by atoms with Crippen LogP contribution >= 0.6 is 0 Å². The van der Waals surface area contributed by atoms with E-state index in [0.717, 1.165) is 0 Å². The Bertz CT molecular complexity index is 523. The molecule has 7 nitrogen and oxygen atoms in total. The fraction of sp³-hybridized carbons (Fsp3) is 0.636. The van der Waals surface area contributed by atoms with Crippen LogP contribution in [-0.4, -0.2) is 40.6 Å². The van der Waals surface area contributed by atoms with Crippen LogP contribution in [0.1, 0.15) is 18.2 Å². The number of nitrogens with one attached hydrogen (secondary N) is 1. The molecule has 1 saturated heterocycles. The number of aromatic nitrogens is 2. The zero-order chi connectivity index (χ0) is 13.3. The van der Waals surface area contributed by atoms with Crippen molar-refractivity contribution in [2.75, 3.05) is 13.7 Å². The highest BCUT2D eigenvalue weighted by Crippen LogP contribution is 2.29. The second-order valence-electron chi connectivity index (χ2n) is 4.30. The predicted octanol–water partition coefficient (Wildman–Crippen LogP) is -0.860. The summed E-state index contributed by atoms with van der Waals surface area (Å²) in [4.78, 5) is 25.2. The largest absolute Gasteiger partial charge is 0.394 e. The average molecular weight is 256 g/mol. The van der Waals surface area contributed by atoms with Crippen LogP contribution in [0.15, 0.2) is 15.8 Å². The van der Waals surface area contributed by atoms with E-state index in [0.29, 0.717) is 12.0 Å². The van der Waals surface area contributed by atoms with Crippen LogP contribution < -0.4 is 11.2 Å². The van der Waals surface area contributed by atoms with Gasteiger partial charge in [0.25, 0.3) is 5.56 Å². The molecule has 2 rings (SSSR count). The van der Waals surface area contributed by atoms with Gasteiger partial charge < -0.3 is 14.6 Å². The first-order chi connectivity index (χ1) is 8.56. The molecule has 1 aliphatic heterocycles. The van der Waals surface area contributed by atoms with Gasteiger partial charge in [-0.2, -0.15) is 0 Å². The number of ether oxygens (including phenoxy) is 2. The lowest BCUT2D eigenvalue weighted by molar-refractivity contribution is -0.0535. The van der Waals surface area contributed by atoms with E-state index >= 15 is 0 Å². The lowest BCUT2D eigenvalue weighted by Crippen LogP contribution is -2.33. The van der Waals surface area contributed by atoms with Gasteiger partial charge in [0.15, 0.2) is 0 Å². The summed E-state index contributed by atoms with van der Waals surface area (Å²) in [6, 6.07) is 0. The zero-order valence-electron chi connectivity index (χ0n) is 10.3. The minimum absolute atomic E-state index is 0.175. The topological polar surface area (TPSA) is 93.6 Å². The molecule has 1 aromatic heterocycles. The zero-order valence-corrected chi connectivity index (χ0v) is 10.3. The molecule has 0 saturated carbocycles. The van der Waals surface area contributed by atoms with Gasteiger partial charge in [0.1, 0.15) is 12.3 Å². The molecule has 0 spiro atoms. The van der Waals surface area contributed by atoms with Gasteiger partial charge in [-0.1, -0.05) is 0 Å². The number of methoxy groups -OCH3 is 1. The summed E-state index contributed by atoms with van der Waals surface area (Å²) in [5.41, 5.74) is -0.500. The van der Waals surface area contributed by atoms with Crippen LogP contribution in [0.25, 0.3) is 0 Å². The summed E-state index contributed by atoms with van der Waals surface area (Å²) in [5, 5.41) is 9.15. The standard InChI is InChI=1S/C11H16N2O5/c1-6-4-13(11(16)12-10(6)15)9-3-7(17-2)8(5-14)18-9/h4,7-9,14H,3,5H2,1-2H3,(H,12,15,16)/t7-,8?,9?/m1/s1. The van der Waals surface area contributed by atoms with Gasteiger partial charge in [0, 0.05) is 25.3 Å². The number of nitrogens with zero attached hydrogens (tertiary/aromatic N) is 1. The molecular formula is C11H16N2O5. The van der Waals surface area contributed by atoms with Gasteiger partial charge in [-0.25, -0.2) is 4.79 Å². The molecule has 0 aliphatic carbocycles. The van der Waals surface area contributed by atoms with Crippen molar-refractivity contribution < 1.29 is 14.6 Å². The maximum Gasteiger partial charge on any atom is 0.330 e. The van der Waals surface area contributed by atoms with Crippen LogP contribution in [0.4, 0.5) is 0 Å². The summed E-state index contributed by atoms with van der Waals surface area (Å²) in [6.07, 6.45) is 0.652. The Balaban J connectivity index is 2.31. The molecule has 1 fully saturated rings. The highest BCUT2D eigenvalue weighted by molar-refractivity contribution is 5.02. The van der Waals surface area contributed by atoms with Crippen LogP contribution in [0.2, 0.25) is 0 Å². The van der Waals surface area contributed by atoms with E-state index in [2.05, 4.69) is 4.98 Å². The highest BCUT2D eigenvalue weighted by Gasteiger charge is 2.36. The second-order valence-corrected chi connectivity index (χ2v) is 4.30. The summed E-state index contributed by atoms with van der Waals surface area (Å²) >= 11 is 0. The Hall–Kier alpha value is -1.44. The first kappa shape index (κ1) is 13.0. The summed E-state index contributed by atoms with van der Waals surface area (Å²) in [6.45, 7) is 1.44. The Labute approximate surface area is 103 Å². The first-order valence-corrected chi connectivity index (χ1v) is 5.68. The van der Waals surface area contributed by atoms with Crippen molar-refractivity contribution in [3.8, 4) is 0 Å². The molecule has 18 heavy (non-hydrogen) atoms. The molecule has 2 N–H and O–H groups in total. The van der Waals surface area contributed by atoms with Crippen LogP contribution in [0.5, 0.6) is 0 Å². The van der Waals surface area contributed by atoms with Crippen molar-refractivity contribution in [1.82, 2.24) is 9.55 Å². The maximum absolute atomic E-state index is 11.7. The predicted molar refractivity (Wildman–Crippen MR) is 62.5 cm³/mol. The Morgan fingerprint density at radius 1 is 1.61 bits per heavy atom. The van der Waals surface area contributed by atoms with Gasteiger partial charge >= 0.3 is 5.69 Å². The second kappa shape index (κ2) is 5.05. The van der Waals surface area contributed by atoms with Gasteiger partial charge in [0.05, 0.1) is 12.7 Å².